The Kier molecular flexibility index (Phi) is 41.6. The molecule has 0 fully saturated rings. The lowest BCUT2D eigenvalue weighted by Crippen LogP contribution is -2.33. The number of unbranched alkanes of at least 4 members (excludes halogenated alkanes) is 22. The van der Waals surface area contributed by atoms with Gasteiger partial charge in [-0.1, -0.05) is 141 Å². The maximum atomic E-state index is 12.4. The maximum Gasteiger partial charge on any atom is 0.469 e. The van der Waals surface area contributed by atoms with Gasteiger partial charge in [0.1, 0.15) is 12.6 Å². The smallest absolute Gasteiger partial charge is 0.469 e. The van der Waals surface area contributed by atoms with Crippen molar-refractivity contribution in [1.82, 2.24) is 0 Å². The van der Waals surface area contributed by atoms with E-state index in [1.807, 2.05) is 0 Å². The summed E-state index contributed by atoms with van der Waals surface area (Å²) in [5.41, 5.74) is 4.77. The number of ether oxygens (including phenoxy) is 2. The van der Waals surface area contributed by atoms with E-state index in [1.54, 1.807) is 0 Å². The summed E-state index contributed by atoms with van der Waals surface area (Å²) < 4.78 is 26.3. The summed E-state index contributed by atoms with van der Waals surface area (Å²) in [4.78, 5) is 52.4. The third-order valence-electron chi connectivity index (χ3n) is 8.96. The first kappa shape index (κ1) is 55.0. The van der Waals surface area contributed by atoms with Gasteiger partial charge in [-0.2, -0.15) is 0 Å². The van der Waals surface area contributed by atoms with Crippen LogP contribution in [0.3, 0.4) is 0 Å². The molecule has 0 heterocycles. The van der Waals surface area contributed by atoms with Crippen molar-refractivity contribution in [2.75, 3.05) is 19.8 Å². The van der Waals surface area contributed by atoms with Crippen molar-refractivity contribution in [2.45, 2.75) is 206 Å². The van der Waals surface area contributed by atoms with Gasteiger partial charge in [0.25, 0.3) is 0 Å². The van der Waals surface area contributed by atoms with Crippen LogP contribution in [0, 0.1) is 0 Å². The number of carboxylic acids is 1. The highest BCUT2D eigenvalue weighted by atomic mass is 31.2. The van der Waals surface area contributed by atoms with Gasteiger partial charge in [0.15, 0.2) is 6.10 Å². The Hall–Kier alpha value is -2.08. The fourth-order valence-electron chi connectivity index (χ4n) is 5.56. The zero-order chi connectivity index (χ0) is 41.3. The van der Waals surface area contributed by atoms with Crippen LogP contribution >= 0.6 is 7.82 Å². The van der Waals surface area contributed by atoms with Crippen LogP contribution in [-0.4, -0.2) is 69.9 Å². The second kappa shape index (κ2) is 41.6. The van der Waals surface area contributed by atoms with E-state index in [0.717, 1.165) is 64.2 Å². The number of allylic oxidation sites excluding steroid dienone is 4. The Morgan fingerprint density at radius 2 is 0.945 bits per heavy atom. The van der Waals surface area contributed by atoms with Crippen molar-refractivity contribution in [3.8, 4) is 0 Å². The van der Waals surface area contributed by atoms with Crippen LogP contribution < -0.4 is 5.73 Å². The molecule has 0 aromatic heterocycles. The number of aliphatic hydroxyl groups is 1. The molecule has 13 heteroatoms. The van der Waals surface area contributed by atoms with Gasteiger partial charge in [-0.3, -0.25) is 18.9 Å². The minimum absolute atomic E-state index is 0.202. The fraction of sp³-hybridized carbons (Fsp3) is 0.833. The lowest BCUT2D eigenvalue weighted by molar-refractivity contribution is -0.161. The zero-order valence-corrected chi connectivity index (χ0v) is 35.4. The predicted molar refractivity (Wildman–Crippen MR) is 220 cm³/mol. The highest BCUT2D eigenvalue weighted by molar-refractivity contribution is 7.46. The molecule has 0 amide bonds. The molecule has 0 unspecified atom stereocenters. The van der Waals surface area contributed by atoms with Crippen molar-refractivity contribution in [2.24, 2.45) is 5.73 Å². The van der Waals surface area contributed by atoms with Crippen molar-refractivity contribution >= 4 is 25.7 Å². The van der Waals surface area contributed by atoms with Gasteiger partial charge in [-0.25, -0.2) is 4.57 Å². The number of carbonyl (C=O) groups is 3. The van der Waals surface area contributed by atoms with Crippen LogP contribution in [0.25, 0.3) is 0 Å². The Balaban J connectivity index is 0. The predicted octanol–water partition coefficient (Wildman–Crippen LogP) is 10.0. The number of aliphatic hydroxyl groups excluding tert-OH is 1. The van der Waals surface area contributed by atoms with E-state index in [1.165, 1.54) is 89.9 Å². The van der Waals surface area contributed by atoms with Crippen LogP contribution in [0.15, 0.2) is 24.3 Å². The molecule has 0 aromatic carbocycles. The first-order valence-electron chi connectivity index (χ1n) is 21.4. The molecule has 324 valence electrons. The minimum Gasteiger partial charge on any atom is -0.480 e. The normalized spacial score (nSPS) is 12.8. The van der Waals surface area contributed by atoms with E-state index in [0.29, 0.717) is 12.8 Å². The number of phosphoric ester groups is 1. The van der Waals surface area contributed by atoms with Gasteiger partial charge < -0.3 is 35.2 Å². The first-order valence-corrected chi connectivity index (χ1v) is 22.9. The number of hydrogen-bond acceptors (Lipinski definition) is 9. The largest absolute Gasteiger partial charge is 0.480 e. The number of phosphoric acid groups is 1. The molecule has 0 aliphatic rings. The standard InChI is InChI=1S/C39H73O8P.C3H7NO3/c1-3-5-7-9-11-13-15-17-19-21-23-25-27-29-31-33-38(40)45-35-37(36-46-48(42,43)44)47-39(41)34-32-30-28-26-24-22-20-18-16-14-12-10-8-6-4-2;4-2(1-5)3(6)7/h17-20,37H,3-16,21-36H2,1-2H3,(H2,42,43,44);2,5H,1,4H2,(H,6,7)/b19-17-,20-18-;/t37-;2-/m10/s1. The molecular formula is C42H80NO11P. The van der Waals surface area contributed by atoms with E-state index < -0.39 is 51.1 Å². The molecule has 0 aliphatic carbocycles. The second-order valence-corrected chi connectivity index (χ2v) is 15.6. The SMILES string of the molecule is CCCCCCCC/C=C\CCCCCCCC(=O)OC[C@H](COP(=O)(O)O)OC(=O)CCCCCCC/C=C\CCCCCCCC.N[C@@H](CO)C(=O)O. The molecule has 0 radical (unpaired) electrons. The Bertz CT molecular complexity index is 1000. The molecule has 0 aromatic rings. The summed E-state index contributed by atoms with van der Waals surface area (Å²) in [6, 6.07) is -1.13. The monoisotopic (exact) mass is 806 g/mol. The number of aliphatic carboxylic acids is 1. The Morgan fingerprint density at radius 3 is 1.29 bits per heavy atom. The summed E-state index contributed by atoms with van der Waals surface area (Å²) in [6.45, 7) is 3.15. The summed E-state index contributed by atoms with van der Waals surface area (Å²) in [7, 11) is -4.75. The molecule has 12 nitrogen and oxygen atoms in total. The molecule has 2 atom stereocenters. The average molecular weight is 806 g/mol. The summed E-state index contributed by atoms with van der Waals surface area (Å²) >= 11 is 0. The van der Waals surface area contributed by atoms with Gasteiger partial charge >= 0.3 is 25.7 Å². The summed E-state index contributed by atoms with van der Waals surface area (Å²) in [6.07, 6.45) is 38.9. The lowest BCUT2D eigenvalue weighted by atomic mass is 10.1. The Labute approximate surface area is 333 Å². The number of esters is 2. The number of carbonyl (C=O) groups excluding carboxylic acids is 2. The molecule has 0 saturated carbocycles. The highest BCUT2D eigenvalue weighted by Gasteiger charge is 2.23. The van der Waals surface area contributed by atoms with Crippen LogP contribution in [-0.2, 0) is 32.9 Å². The molecule has 55 heavy (non-hydrogen) atoms. The second-order valence-electron chi connectivity index (χ2n) is 14.4. The fourth-order valence-corrected chi connectivity index (χ4v) is 5.92. The van der Waals surface area contributed by atoms with Gasteiger partial charge in [0.2, 0.25) is 0 Å². The van der Waals surface area contributed by atoms with E-state index >= 15 is 0 Å². The van der Waals surface area contributed by atoms with Crippen molar-refractivity contribution < 1.29 is 52.9 Å². The zero-order valence-electron chi connectivity index (χ0n) is 34.6. The molecule has 0 spiro atoms. The van der Waals surface area contributed by atoms with Crippen molar-refractivity contribution in [1.29, 1.82) is 0 Å². The number of rotatable bonds is 38. The number of hydrogen-bond donors (Lipinski definition) is 5. The van der Waals surface area contributed by atoms with Crippen LogP contribution in [0.2, 0.25) is 0 Å². The molecule has 0 rings (SSSR count). The van der Waals surface area contributed by atoms with Gasteiger partial charge in [0, 0.05) is 12.8 Å². The maximum absolute atomic E-state index is 12.4. The minimum atomic E-state index is -4.75. The molecule has 0 saturated heterocycles. The van der Waals surface area contributed by atoms with Gasteiger partial charge in [-0.05, 0) is 64.2 Å². The van der Waals surface area contributed by atoms with Crippen molar-refractivity contribution in [3.63, 3.8) is 0 Å². The molecule has 0 aliphatic heterocycles. The third kappa shape index (κ3) is 46.2. The number of carboxylic acid groups (broad SMARTS) is 1. The summed E-state index contributed by atoms with van der Waals surface area (Å²) in [5, 5.41) is 15.9. The quantitative estimate of drug-likeness (QED) is 0.0171. The van der Waals surface area contributed by atoms with Crippen LogP contribution in [0.1, 0.15) is 194 Å². The van der Waals surface area contributed by atoms with Crippen LogP contribution in [0.5, 0.6) is 0 Å². The molecule has 0 bridgehead atoms. The van der Waals surface area contributed by atoms with Crippen molar-refractivity contribution in [3.05, 3.63) is 24.3 Å². The van der Waals surface area contributed by atoms with Gasteiger partial charge in [0.05, 0.1) is 13.2 Å². The van der Waals surface area contributed by atoms with E-state index in [4.69, 9.17) is 35.2 Å². The molecule has 6 N–H and O–H groups in total. The highest BCUT2D eigenvalue weighted by Crippen LogP contribution is 2.36. The van der Waals surface area contributed by atoms with E-state index in [2.05, 4.69) is 42.7 Å². The number of nitrogens with two attached hydrogens (primary N) is 1. The molecular weight excluding hydrogens is 725 g/mol. The lowest BCUT2D eigenvalue weighted by Gasteiger charge is -2.18. The van der Waals surface area contributed by atoms with E-state index in [9.17, 15) is 18.9 Å². The Morgan fingerprint density at radius 1 is 0.582 bits per heavy atom. The average Bonchev–Trinajstić information content (AvgIpc) is 3.15. The first-order chi connectivity index (χ1) is 26.5. The third-order valence-corrected chi connectivity index (χ3v) is 9.44. The van der Waals surface area contributed by atoms with Crippen LogP contribution in [0.4, 0.5) is 0 Å². The summed E-state index contributed by atoms with van der Waals surface area (Å²) in [5.74, 6) is -2.08. The van der Waals surface area contributed by atoms with Gasteiger partial charge in [-0.15, -0.1) is 0 Å². The van der Waals surface area contributed by atoms with E-state index in [-0.39, 0.29) is 19.4 Å². The topological polar surface area (TPSA) is 203 Å².